The molecule has 1 aliphatic rings. The fraction of sp³-hybridized carbons (Fsp3) is 0.571. The molecule has 2 rings (SSSR count). The van der Waals surface area contributed by atoms with Crippen molar-refractivity contribution in [2.24, 2.45) is 0 Å². The smallest absolute Gasteiger partial charge is 0.180 e. The number of thiazole rings is 1. The second-order valence-electron chi connectivity index (χ2n) is 2.91. The number of likely N-dealkylation sites (N-methyl/N-ethyl adjacent to an activating group) is 1. The molecule has 23 heavy (non-hydrogen) atoms. The molecule has 2 heterocycles. The van der Waals surface area contributed by atoms with Crippen LogP contribution >= 0.6 is 11.3 Å². The van der Waals surface area contributed by atoms with Gasteiger partial charge >= 0.3 is 0 Å². The van der Waals surface area contributed by atoms with E-state index in [1.807, 2.05) is 0 Å². The predicted octanol–water partition coefficient (Wildman–Crippen LogP) is 5.76. The third kappa shape index (κ3) is 18.5. The number of hydrogen-bond donors (Lipinski definition) is 1. The molecule has 2 N–H and O–H groups in total. The molecule has 16 heteroatoms. The summed E-state index contributed by atoms with van der Waals surface area (Å²) in [7, 11) is 2.12. The topological polar surface area (TPSA) is 42.2 Å². The van der Waals surface area contributed by atoms with Gasteiger partial charge in [0.15, 0.2) is 5.13 Å². The Morgan fingerprint density at radius 3 is 1.65 bits per heavy atom. The van der Waals surface area contributed by atoms with E-state index in [1.54, 1.807) is 11.3 Å². The molecule has 1 aromatic rings. The molecule has 3 nitrogen and oxygen atoms in total. The van der Waals surface area contributed by atoms with Crippen molar-refractivity contribution in [1.29, 1.82) is 0 Å². The zero-order valence-electron chi connectivity index (χ0n) is 11.0. The van der Waals surface area contributed by atoms with Crippen LogP contribution in [0.5, 0.6) is 0 Å². The van der Waals surface area contributed by atoms with Crippen molar-refractivity contribution in [3.63, 3.8) is 0 Å². The molecule has 1 aliphatic heterocycles. The zero-order valence-corrected chi connectivity index (χ0v) is 11.9. The number of anilines is 1. The van der Waals surface area contributed by atoms with Gasteiger partial charge in [0.25, 0.3) is 0 Å². The molecule has 0 saturated heterocycles. The summed E-state index contributed by atoms with van der Waals surface area (Å²) >= 11 is 1.62. The number of fused-ring (bicyclic) bond motifs is 1. The van der Waals surface area contributed by atoms with Gasteiger partial charge in [0, 0.05) is 79.3 Å². The Labute approximate surface area is 125 Å². The molecule has 0 amide bonds. The van der Waals surface area contributed by atoms with E-state index in [1.165, 1.54) is 10.6 Å². The van der Waals surface area contributed by atoms with Gasteiger partial charge in [-0.1, -0.05) is 0 Å². The lowest BCUT2D eigenvalue weighted by Gasteiger charge is -2.20. The van der Waals surface area contributed by atoms with E-state index >= 15 is 0 Å². The van der Waals surface area contributed by atoms with Gasteiger partial charge in [-0.05, 0) is 7.05 Å². The van der Waals surface area contributed by atoms with Crippen LogP contribution in [0, 0.1) is 0 Å². The molecule has 0 fully saturated rings. The highest BCUT2D eigenvalue weighted by Gasteiger charge is 2.16. The van der Waals surface area contributed by atoms with Gasteiger partial charge in [-0.3, -0.25) is 0 Å². The number of nitrogens with two attached hydrogens (primary N) is 1. The molecular weight excluding hydrogens is 386 g/mol. The van der Waals surface area contributed by atoms with Crippen LogP contribution in [0.25, 0.3) is 0 Å². The van der Waals surface area contributed by atoms with Crippen molar-refractivity contribution in [2.45, 2.75) is 13.0 Å². The lowest BCUT2D eigenvalue weighted by atomic mass is 10.2. The summed E-state index contributed by atoms with van der Waals surface area (Å²) in [5, 5.41) is 0.713. The SMILES string of the molecule is CN1CCc2nc(N)sc2C1.FF.FF.FF.FF.FF.FF. The van der Waals surface area contributed by atoms with Crippen molar-refractivity contribution >= 4 is 16.5 Å². The van der Waals surface area contributed by atoms with Crippen LogP contribution in [-0.4, -0.2) is 23.5 Å². The van der Waals surface area contributed by atoms with E-state index in [9.17, 15) is 0 Å². The molecule has 0 aromatic carbocycles. The van der Waals surface area contributed by atoms with Crippen LogP contribution in [-0.2, 0) is 13.0 Å². The van der Waals surface area contributed by atoms with Crippen LogP contribution in [0.15, 0.2) is 0 Å². The normalized spacial score (nSPS) is 10.3. The van der Waals surface area contributed by atoms with Crippen LogP contribution in [0.4, 0.5) is 60.0 Å². The number of aromatic nitrogens is 1. The quantitative estimate of drug-likeness (QED) is 0.567. The molecule has 0 spiro atoms. The fourth-order valence-electron chi connectivity index (χ4n) is 1.34. The Hall–Kier alpha value is -1.45. The first kappa shape index (κ1) is 33.2. The molecule has 144 valence electrons. The van der Waals surface area contributed by atoms with Crippen LogP contribution in [0.3, 0.4) is 0 Å². The summed E-state index contributed by atoms with van der Waals surface area (Å²) in [6, 6.07) is 0. The number of nitrogens with zero attached hydrogens (tertiary/aromatic N) is 2. The third-order valence-electron chi connectivity index (χ3n) is 1.94. The molecule has 0 bridgehead atoms. The minimum atomic E-state index is 0.713. The highest BCUT2D eigenvalue weighted by atomic mass is 32.1. The van der Waals surface area contributed by atoms with Crippen LogP contribution < -0.4 is 5.73 Å². The lowest BCUT2D eigenvalue weighted by molar-refractivity contribution is 0.108. The average Bonchev–Trinajstić information content (AvgIpc) is 3.04. The fourth-order valence-corrected chi connectivity index (χ4v) is 2.30. The Bertz CT molecular complexity index is 292. The minimum absolute atomic E-state index is 0.713. The summed E-state index contributed by atoms with van der Waals surface area (Å²) in [4.78, 5) is 7.89. The maximum atomic E-state index is 8.00. The Kier molecular flexibility index (Phi) is 46.9. The second kappa shape index (κ2) is 32.5. The van der Waals surface area contributed by atoms with Crippen LogP contribution in [0.1, 0.15) is 10.6 Å². The molecule has 0 atom stereocenters. The van der Waals surface area contributed by atoms with Gasteiger partial charge in [0.2, 0.25) is 0 Å². The van der Waals surface area contributed by atoms with E-state index in [4.69, 9.17) is 60.6 Å². The van der Waals surface area contributed by atoms with E-state index in [0.717, 1.165) is 19.5 Å². The first-order chi connectivity index (χ1) is 11.3. The van der Waals surface area contributed by atoms with Gasteiger partial charge in [-0.25, -0.2) is 4.98 Å². The van der Waals surface area contributed by atoms with Gasteiger partial charge in [0.05, 0.1) is 5.69 Å². The Morgan fingerprint density at radius 2 is 1.26 bits per heavy atom. The van der Waals surface area contributed by atoms with Gasteiger partial charge in [-0.2, -0.15) is 0 Å². The summed E-state index contributed by atoms with van der Waals surface area (Å²) in [5.74, 6) is 0. The maximum absolute atomic E-state index is 8.00. The van der Waals surface area contributed by atoms with Crippen molar-refractivity contribution in [3.05, 3.63) is 10.6 Å². The maximum Gasteiger partial charge on any atom is 0.180 e. The second-order valence-corrected chi connectivity index (χ2v) is 4.02. The Morgan fingerprint density at radius 1 is 0.870 bits per heavy atom. The molecule has 0 saturated carbocycles. The zero-order chi connectivity index (χ0) is 19.8. The van der Waals surface area contributed by atoms with Crippen molar-refractivity contribution in [2.75, 3.05) is 19.3 Å². The summed E-state index contributed by atoms with van der Waals surface area (Å²) in [5.41, 5.74) is 6.81. The molecular formula is C7H11F12N3S. The summed E-state index contributed by atoms with van der Waals surface area (Å²) in [6.45, 7) is 2.13. The van der Waals surface area contributed by atoms with Crippen LogP contribution in [0.2, 0.25) is 0 Å². The third-order valence-corrected chi connectivity index (χ3v) is 2.85. The summed E-state index contributed by atoms with van der Waals surface area (Å²) < 4.78 is 96.0. The van der Waals surface area contributed by atoms with Crippen molar-refractivity contribution in [3.8, 4) is 0 Å². The lowest BCUT2D eigenvalue weighted by Crippen LogP contribution is -2.25. The molecule has 0 unspecified atom stereocenters. The van der Waals surface area contributed by atoms with E-state index in [2.05, 4.69) is 16.9 Å². The summed E-state index contributed by atoms with van der Waals surface area (Å²) in [6.07, 6.45) is 1.06. The van der Waals surface area contributed by atoms with E-state index in [-0.39, 0.29) is 0 Å². The average molecular weight is 397 g/mol. The predicted molar refractivity (Wildman–Crippen MR) is 59.9 cm³/mol. The first-order valence-corrected chi connectivity index (χ1v) is 5.35. The van der Waals surface area contributed by atoms with Gasteiger partial charge in [0.1, 0.15) is 0 Å². The highest BCUT2D eigenvalue weighted by Crippen LogP contribution is 2.25. The van der Waals surface area contributed by atoms with E-state index in [0.29, 0.717) is 5.13 Å². The molecule has 1 aromatic heterocycles. The minimum Gasteiger partial charge on any atom is -0.375 e. The molecule has 0 aliphatic carbocycles. The number of nitrogen functional groups attached to an aromatic ring is 1. The Balaban J connectivity index is -0.0000000771. The monoisotopic (exact) mass is 397 g/mol. The van der Waals surface area contributed by atoms with E-state index < -0.39 is 0 Å². The highest BCUT2D eigenvalue weighted by molar-refractivity contribution is 7.15. The number of halogens is 12. The largest absolute Gasteiger partial charge is 0.375 e. The van der Waals surface area contributed by atoms with Gasteiger partial charge in [-0.15, -0.1) is 11.3 Å². The molecule has 0 radical (unpaired) electrons. The number of hydrogen-bond acceptors (Lipinski definition) is 4. The first-order valence-electron chi connectivity index (χ1n) is 4.54. The van der Waals surface area contributed by atoms with Gasteiger partial charge < -0.3 is 10.6 Å². The number of rotatable bonds is 0. The van der Waals surface area contributed by atoms with Crippen molar-refractivity contribution < 1.29 is 54.9 Å². The standard InChI is InChI=1S/C7H11N3S.6F2/c1-10-3-2-5-6(4-10)11-7(8)9-5;6*1-2/h2-4H2,1H3,(H2,8,9);;;;;;. The van der Waals surface area contributed by atoms with Crippen molar-refractivity contribution in [1.82, 2.24) is 9.88 Å².